The molecule has 0 fully saturated rings. The first-order chi connectivity index (χ1) is 9.77. The summed E-state index contributed by atoms with van der Waals surface area (Å²) in [6, 6.07) is 9.59. The van der Waals surface area contributed by atoms with Crippen molar-refractivity contribution in [1.29, 1.82) is 0 Å². The molecule has 110 valence electrons. The maximum Gasteiger partial charge on any atom is 0.258 e. The van der Waals surface area contributed by atoms with Crippen LogP contribution < -0.4 is 10.5 Å². The van der Waals surface area contributed by atoms with Gasteiger partial charge in [0.25, 0.3) is 5.91 Å². The summed E-state index contributed by atoms with van der Waals surface area (Å²) in [6.07, 6.45) is 0. The van der Waals surface area contributed by atoms with E-state index in [9.17, 15) is 17.6 Å². The Morgan fingerprint density at radius 3 is 2.57 bits per heavy atom. The van der Waals surface area contributed by atoms with Crippen molar-refractivity contribution >= 4 is 21.6 Å². The zero-order chi connectivity index (χ0) is 15.6. The molecule has 0 unspecified atom stereocenters. The molecule has 2 aromatic rings. The Bertz CT molecular complexity index is 804. The third kappa shape index (κ3) is 3.65. The standard InChI is InChI=1S/C14H13FN2O3S/c1-9-5-6-13(15)12(7-9)14(18)17-10-3-2-4-11(8-10)21(16,19)20/h2-8H,1H3,(H,17,18)(H2,16,19,20). The molecule has 0 aromatic heterocycles. The molecule has 2 rings (SSSR count). The molecule has 7 heteroatoms. The lowest BCUT2D eigenvalue weighted by Crippen LogP contribution is -2.16. The van der Waals surface area contributed by atoms with Crippen molar-refractivity contribution in [2.45, 2.75) is 11.8 Å². The SMILES string of the molecule is Cc1ccc(F)c(C(=O)Nc2cccc(S(N)(=O)=O)c2)c1. The van der Waals surface area contributed by atoms with Gasteiger partial charge in [0.05, 0.1) is 10.5 Å². The highest BCUT2D eigenvalue weighted by Gasteiger charge is 2.13. The predicted octanol–water partition coefficient (Wildman–Crippen LogP) is 2.03. The highest BCUT2D eigenvalue weighted by atomic mass is 32.2. The zero-order valence-electron chi connectivity index (χ0n) is 11.1. The van der Waals surface area contributed by atoms with E-state index >= 15 is 0 Å². The summed E-state index contributed by atoms with van der Waals surface area (Å²) in [6.45, 7) is 1.73. The second-order valence-electron chi connectivity index (χ2n) is 4.51. The van der Waals surface area contributed by atoms with Gasteiger partial charge in [-0.1, -0.05) is 17.7 Å². The average molecular weight is 308 g/mol. The number of carbonyl (C=O) groups excluding carboxylic acids is 1. The number of amides is 1. The van der Waals surface area contributed by atoms with Crippen LogP contribution in [0.25, 0.3) is 0 Å². The van der Waals surface area contributed by atoms with Crippen LogP contribution in [0.3, 0.4) is 0 Å². The Hall–Kier alpha value is -2.25. The molecule has 2 aromatic carbocycles. The Kier molecular flexibility index (Phi) is 4.06. The van der Waals surface area contributed by atoms with Crippen LogP contribution in [0.1, 0.15) is 15.9 Å². The molecule has 0 spiro atoms. The summed E-state index contributed by atoms with van der Waals surface area (Å²) in [7, 11) is -3.87. The van der Waals surface area contributed by atoms with Gasteiger partial charge in [-0.25, -0.2) is 17.9 Å². The van der Waals surface area contributed by atoms with E-state index in [-0.39, 0.29) is 16.1 Å². The first kappa shape index (κ1) is 15.1. The number of benzene rings is 2. The van der Waals surface area contributed by atoms with Crippen molar-refractivity contribution < 1.29 is 17.6 Å². The van der Waals surface area contributed by atoms with Gasteiger partial charge in [-0.15, -0.1) is 0 Å². The largest absolute Gasteiger partial charge is 0.322 e. The first-order valence-corrected chi connectivity index (χ1v) is 7.52. The van der Waals surface area contributed by atoms with Crippen LogP contribution in [0.5, 0.6) is 0 Å². The van der Waals surface area contributed by atoms with Gasteiger partial charge in [0.2, 0.25) is 10.0 Å². The summed E-state index contributed by atoms with van der Waals surface area (Å²) in [5, 5.41) is 7.45. The third-order valence-electron chi connectivity index (χ3n) is 2.79. The molecule has 0 radical (unpaired) electrons. The van der Waals surface area contributed by atoms with Crippen LogP contribution in [-0.2, 0) is 10.0 Å². The van der Waals surface area contributed by atoms with Crippen LogP contribution in [0, 0.1) is 12.7 Å². The third-order valence-corrected chi connectivity index (χ3v) is 3.70. The molecule has 21 heavy (non-hydrogen) atoms. The Morgan fingerprint density at radius 2 is 1.90 bits per heavy atom. The number of rotatable bonds is 3. The highest BCUT2D eigenvalue weighted by molar-refractivity contribution is 7.89. The number of halogens is 1. The monoisotopic (exact) mass is 308 g/mol. The van der Waals surface area contributed by atoms with Crippen molar-refractivity contribution in [2.75, 3.05) is 5.32 Å². The van der Waals surface area contributed by atoms with Gasteiger partial charge in [-0.05, 0) is 37.3 Å². The minimum atomic E-state index is -3.87. The van der Waals surface area contributed by atoms with Crippen molar-refractivity contribution in [2.24, 2.45) is 5.14 Å². The molecule has 0 saturated carbocycles. The smallest absolute Gasteiger partial charge is 0.258 e. The van der Waals surface area contributed by atoms with Crippen molar-refractivity contribution in [3.63, 3.8) is 0 Å². The second-order valence-corrected chi connectivity index (χ2v) is 6.07. The normalized spacial score (nSPS) is 11.2. The van der Waals surface area contributed by atoms with E-state index in [1.165, 1.54) is 36.4 Å². The first-order valence-electron chi connectivity index (χ1n) is 5.98. The van der Waals surface area contributed by atoms with E-state index in [2.05, 4.69) is 5.32 Å². The van der Waals surface area contributed by atoms with Crippen LogP contribution in [-0.4, -0.2) is 14.3 Å². The topological polar surface area (TPSA) is 89.3 Å². The summed E-state index contributed by atoms with van der Waals surface area (Å²) < 4.78 is 36.1. The summed E-state index contributed by atoms with van der Waals surface area (Å²) in [5.41, 5.74) is 0.836. The van der Waals surface area contributed by atoms with Gasteiger partial charge < -0.3 is 5.32 Å². The van der Waals surface area contributed by atoms with Gasteiger partial charge in [0, 0.05) is 5.69 Å². The number of anilines is 1. The fourth-order valence-electron chi connectivity index (χ4n) is 1.76. The van der Waals surface area contributed by atoms with Crippen molar-refractivity contribution in [1.82, 2.24) is 0 Å². The van der Waals surface area contributed by atoms with Gasteiger partial charge >= 0.3 is 0 Å². The number of hydrogen-bond acceptors (Lipinski definition) is 3. The van der Waals surface area contributed by atoms with E-state index in [0.29, 0.717) is 0 Å². The number of hydrogen-bond donors (Lipinski definition) is 2. The number of primary sulfonamides is 1. The average Bonchev–Trinajstić information content (AvgIpc) is 2.41. The predicted molar refractivity (Wildman–Crippen MR) is 76.9 cm³/mol. The Balaban J connectivity index is 2.30. The fraction of sp³-hybridized carbons (Fsp3) is 0.0714. The molecule has 0 saturated heterocycles. The van der Waals surface area contributed by atoms with Crippen molar-refractivity contribution in [3.05, 3.63) is 59.4 Å². The molecular formula is C14H13FN2O3S. The quantitative estimate of drug-likeness (QED) is 0.909. The van der Waals surface area contributed by atoms with Crippen LogP contribution in [0.2, 0.25) is 0 Å². The maximum absolute atomic E-state index is 13.6. The molecule has 0 aliphatic heterocycles. The lowest BCUT2D eigenvalue weighted by Gasteiger charge is -2.08. The summed E-state index contributed by atoms with van der Waals surface area (Å²) >= 11 is 0. The lowest BCUT2D eigenvalue weighted by atomic mass is 10.1. The van der Waals surface area contributed by atoms with E-state index < -0.39 is 21.7 Å². The molecule has 0 aliphatic rings. The molecule has 0 bridgehead atoms. The van der Waals surface area contributed by atoms with Crippen molar-refractivity contribution in [3.8, 4) is 0 Å². The molecule has 0 atom stereocenters. The maximum atomic E-state index is 13.6. The van der Waals surface area contributed by atoms with E-state index in [1.807, 2.05) is 0 Å². The molecule has 0 heterocycles. The minimum absolute atomic E-state index is 0.115. The summed E-state index contributed by atoms with van der Waals surface area (Å²) in [5.74, 6) is -1.32. The molecule has 5 nitrogen and oxygen atoms in total. The minimum Gasteiger partial charge on any atom is -0.322 e. The number of sulfonamides is 1. The fourth-order valence-corrected chi connectivity index (χ4v) is 2.32. The van der Waals surface area contributed by atoms with Crippen LogP contribution in [0.4, 0.5) is 10.1 Å². The van der Waals surface area contributed by atoms with Gasteiger partial charge in [-0.2, -0.15) is 0 Å². The zero-order valence-corrected chi connectivity index (χ0v) is 11.9. The second kappa shape index (κ2) is 5.63. The molecule has 1 amide bonds. The number of nitrogens with two attached hydrogens (primary N) is 1. The van der Waals surface area contributed by atoms with Gasteiger partial charge in [-0.3, -0.25) is 4.79 Å². The van der Waals surface area contributed by atoms with Crippen LogP contribution in [0.15, 0.2) is 47.4 Å². The van der Waals surface area contributed by atoms with E-state index in [4.69, 9.17) is 5.14 Å². The molecule has 3 N–H and O–H groups in total. The molecular weight excluding hydrogens is 295 g/mol. The van der Waals surface area contributed by atoms with E-state index in [1.54, 1.807) is 13.0 Å². The Morgan fingerprint density at radius 1 is 1.19 bits per heavy atom. The van der Waals surface area contributed by atoms with Gasteiger partial charge in [0.1, 0.15) is 5.82 Å². The van der Waals surface area contributed by atoms with Gasteiger partial charge in [0.15, 0.2) is 0 Å². The molecule has 0 aliphatic carbocycles. The van der Waals surface area contributed by atoms with Crippen LogP contribution >= 0.6 is 0 Å². The number of carbonyl (C=O) groups is 1. The Labute approximate surface area is 121 Å². The van der Waals surface area contributed by atoms with E-state index in [0.717, 1.165) is 5.56 Å². The number of nitrogens with one attached hydrogen (secondary N) is 1. The lowest BCUT2D eigenvalue weighted by molar-refractivity contribution is 0.102. The highest BCUT2D eigenvalue weighted by Crippen LogP contribution is 2.17. The number of aryl methyl sites for hydroxylation is 1. The summed E-state index contributed by atoms with van der Waals surface area (Å²) in [4.78, 5) is 11.9.